The van der Waals surface area contributed by atoms with E-state index in [1.54, 1.807) is 24.7 Å². The van der Waals surface area contributed by atoms with Gasteiger partial charge in [-0.05, 0) is 23.8 Å². The lowest BCUT2D eigenvalue weighted by atomic mass is 10.1. The van der Waals surface area contributed by atoms with Crippen LogP contribution in [0, 0.1) is 0 Å². The third kappa shape index (κ3) is 4.39. The highest BCUT2D eigenvalue weighted by Crippen LogP contribution is 2.23. The van der Waals surface area contributed by atoms with Gasteiger partial charge in [0.1, 0.15) is 5.69 Å². The molecule has 3 heterocycles. The predicted molar refractivity (Wildman–Crippen MR) is 111 cm³/mol. The van der Waals surface area contributed by atoms with Crippen molar-refractivity contribution in [2.24, 2.45) is 0 Å². The molecule has 0 unspecified atom stereocenters. The Balaban J connectivity index is 1.60. The molecule has 0 bridgehead atoms. The molecule has 138 valence electrons. The Hall–Kier alpha value is -3.58. The van der Waals surface area contributed by atoms with Crippen molar-refractivity contribution in [1.29, 1.82) is 0 Å². The Morgan fingerprint density at radius 1 is 1.14 bits per heavy atom. The maximum absolute atomic E-state index is 12.2. The Labute approximate surface area is 166 Å². The van der Waals surface area contributed by atoms with Crippen molar-refractivity contribution in [2.75, 3.05) is 5.32 Å². The van der Waals surface area contributed by atoms with Crippen molar-refractivity contribution >= 4 is 28.5 Å². The largest absolute Gasteiger partial charge is 0.298 e. The summed E-state index contributed by atoms with van der Waals surface area (Å²) in [6.45, 7) is 0.646. The lowest BCUT2D eigenvalue weighted by molar-refractivity contribution is -0.111. The quantitative estimate of drug-likeness (QED) is 0.506. The minimum Gasteiger partial charge on any atom is -0.298 e. The van der Waals surface area contributed by atoms with E-state index in [-0.39, 0.29) is 5.91 Å². The average Bonchev–Trinajstić information content (AvgIpc) is 3.38. The number of anilines is 1. The standard InChI is InChI=1S/C21H17N5OS/c27-19(24-21-23-11-12-28-21)9-8-18-15-26(14-16-5-2-1-3-6-16)25-20(18)17-7-4-10-22-13-17/h1-13,15H,14H2,(H,23,24,27)/b9-8+. The monoisotopic (exact) mass is 387 g/mol. The van der Waals surface area contributed by atoms with E-state index < -0.39 is 0 Å². The fraction of sp³-hybridized carbons (Fsp3) is 0.0476. The summed E-state index contributed by atoms with van der Waals surface area (Å²) in [6.07, 6.45) is 10.3. The van der Waals surface area contributed by atoms with Gasteiger partial charge in [0.2, 0.25) is 5.91 Å². The first-order valence-corrected chi connectivity index (χ1v) is 9.56. The summed E-state index contributed by atoms with van der Waals surface area (Å²) < 4.78 is 1.87. The van der Waals surface area contributed by atoms with Crippen LogP contribution in [0.15, 0.2) is 78.7 Å². The number of aromatic nitrogens is 4. The second kappa shape index (κ2) is 8.41. The van der Waals surface area contributed by atoms with Gasteiger partial charge in [-0.3, -0.25) is 19.8 Å². The van der Waals surface area contributed by atoms with Crippen molar-refractivity contribution < 1.29 is 4.79 Å². The van der Waals surface area contributed by atoms with E-state index in [4.69, 9.17) is 5.10 Å². The zero-order valence-corrected chi connectivity index (χ0v) is 15.7. The van der Waals surface area contributed by atoms with Crippen LogP contribution in [0.4, 0.5) is 5.13 Å². The van der Waals surface area contributed by atoms with Gasteiger partial charge in [0.05, 0.1) is 6.54 Å². The molecule has 0 saturated carbocycles. The zero-order valence-electron chi connectivity index (χ0n) is 14.9. The molecule has 4 rings (SSSR count). The Morgan fingerprint density at radius 3 is 2.79 bits per heavy atom. The number of carbonyl (C=O) groups excluding carboxylic acids is 1. The van der Waals surface area contributed by atoms with Gasteiger partial charge in [-0.2, -0.15) is 5.10 Å². The predicted octanol–water partition coefficient (Wildman–Crippen LogP) is 4.10. The topological polar surface area (TPSA) is 72.7 Å². The first kappa shape index (κ1) is 17.8. The van der Waals surface area contributed by atoms with Gasteiger partial charge in [-0.15, -0.1) is 11.3 Å². The maximum Gasteiger partial charge on any atom is 0.250 e. The molecule has 1 N–H and O–H groups in total. The number of hydrogen-bond donors (Lipinski definition) is 1. The zero-order chi connectivity index (χ0) is 19.2. The molecule has 0 aliphatic carbocycles. The molecule has 28 heavy (non-hydrogen) atoms. The molecule has 0 spiro atoms. The van der Waals surface area contributed by atoms with E-state index in [9.17, 15) is 4.79 Å². The molecule has 3 aromatic heterocycles. The second-order valence-electron chi connectivity index (χ2n) is 6.02. The van der Waals surface area contributed by atoms with Gasteiger partial charge in [0.15, 0.2) is 5.13 Å². The third-order valence-electron chi connectivity index (χ3n) is 3.99. The van der Waals surface area contributed by atoms with E-state index in [2.05, 4.69) is 27.4 Å². The molecule has 0 saturated heterocycles. The number of amides is 1. The van der Waals surface area contributed by atoms with Crippen LogP contribution in [0.25, 0.3) is 17.3 Å². The van der Waals surface area contributed by atoms with Crippen molar-refractivity contribution in [1.82, 2.24) is 19.7 Å². The number of benzene rings is 1. The number of nitrogens with one attached hydrogen (secondary N) is 1. The van der Waals surface area contributed by atoms with Crippen LogP contribution in [0.2, 0.25) is 0 Å². The minimum atomic E-state index is -0.233. The fourth-order valence-electron chi connectivity index (χ4n) is 2.74. The van der Waals surface area contributed by atoms with E-state index in [0.717, 1.165) is 22.4 Å². The molecule has 0 aliphatic rings. The van der Waals surface area contributed by atoms with Gasteiger partial charge in [0.25, 0.3) is 0 Å². The van der Waals surface area contributed by atoms with Crippen LogP contribution >= 0.6 is 11.3 Å². The number of rotatable bonds is 6. The first-order chi connectivity index (χ1) is 13.8. The third-order valence-corrected chi connectivity index (χ3v) is 4.68. The molecule has 0 atom stereocenters. The Bertz CT molecular complexity index is 1070. The molecule has 4 aromatic rings. The van der Waals surface area contributed by atoms with Gasteiger partial charge in [-0.25, -0.2) is 4.98 Å². The highest BCUT2D eigenvalue weighted by molar-refractivity contribution is 7.13. The Morgan fingerprint density at radius 2 is 2.04 bits per heavy atom. The fourth-order valence-corrected chi connectivity index (χ4v) is 3.27. The summed E-state index contributed by atoms with van der Waals surface area (Å²) >= 11 is 1.38. The Kier molecular flexibility index (Phi) is 5.35. The summed E-state index contributed by atoms with van der Waals surface area (Å²) in [5.41, 5.74) is 3.68. The highest BCUT2D eigenvalue weighted by atomic mass is 32.1. The molecule has 7 heteroatoms. The van der Waals surface area contributed by atoms with E-state index in [1.807, 2.05) is 46.6 Å². The van der Waals surface area contributed by atoms with Crippen LogP contribution in [0.5, 0.6) is 0 Å². The summed E-state index contributed by atoms with van der Waals surface area (Å²) in [4.78, 5) is 20.4. The summed E-state index contributed by atoms with van der Waals surface area (Å²) in [7, 11) is 0. The number of nitrogens with zero attached hydrogens (tertiary/aromatic N) is 4. The van der Waals surface area contributed by atoms with Crippen LogP contribution < -0.4 is 5.32 Å². The summed E-state index contributed by atoms with van der Waals surface area (Å²) in [5.74, 6) is -0.233. The molecule has 6 nitrogen and oxygen atoms in total. The average molecular weight is 387 g/mol. The number of carbonyl (C=O) groups is 1. The van der Waals surface area contributed by atoms with Crippen molar-refractivity contribution in [3.63, 3.8) is 0 Å². The van der Waals surface area contributed by atoms with Gasteiger partial charge >= 0.3 is 0 Å². The summed E-state index contributed by atoms with van der Waals surface area (Å²) in [5, 5.41) is 9.84. The maximum atomic E-state index is 12.2. The number of thiazole rings is 1. The normalized spacial score (nSPS) is 11.0. The van der Waals surface area contributed by atoms with Gasteiger partial charge in [0, 0.05) is 47.4 Å². The van der Waals surface area contributed by atoms with E-state index >= 15 is 0 Å². The number of hydrogen-bond acceptors (Lipinski definition) is 5. The highest BCUT2D eigenvalue weighted by Gasteiger charge is 2.10. The SMILES string of the molecule is O=C(/C=C/c1cn(Cc2ccccc2)nc1-c1cccnc1)Nc1nccs1. The van der Waals surface area contributed by atoms with Gasteiger partial charge < -0.3 is 0 Å². The molecule has 0 aliphatic heterocycles. The molecule has 0 radical (unpaired) electrons. The molecular formula is C21H17N5OS. The molecule has 1 amide bonds. The van der Waals surface area contributed by atoms with Gasteiger partial charge in [-0.1, -0.05) is 30.3 Å². The lowest BCUT2D eigenvalue weighted by Gasteiger charge is -2.01. The van der Waals surface area contributed by atoms with Crippen LogP contribution in [-0.2, 0) is 11.3 Å². The molecular weight excluding hydrogens is 370 g/mol. The molecule has 1 aromatic carbocycles. The van der Waals surface area contributed by atoms with Crippen molar-refractivity contribution in [3.8, 4) is 11.3 Å². The minimum absolute atomic E-state index is 0.233. The van der Waals surface area contributed by atoms with Crippen molar-refractivity contribution in [3.05, 3.63) is 89.8 Å². The smallest absolute Gasteiger partial charge is 0.250 e. The van der Waals surface area contributed by atoms with Crippen LogP contribution in [0.1, 0.15) is 11.1 Å². The van der Waals surface area contributed by atoms with Crippen molar-refractivity contribution in [2.45, 2.75) is 6.54 Å². The second-order valence-corrected chi connectivity index (χ2v) is 6.91. The van der Waals surface area contributed by atoms with Crippen LogP contribution in [0.3, 0.4) is 0 Å². The van der Waals surface area contributed by atoms with E-state index in [0.29, 0.717) is 11.7 Å². The molecule has 0 fully saturated rings. The first-order valence-electron chi connectivity index (χ1n) is 8.68. The lowest BCUT2D eigenvalue weighted by Crippen LogP contribution is -2.07. The van der Waals surface area contributed by atoms with E-state index in [1.165, 1.54) is 17.4 Å². The van der Waals surface area contributed by atoms with Crippen LogP contribution in [-0.4, -0.2) is 25.7 Å². The summed E-state index contributed by atoms with van der Waals surface area (Å²) in [6, 6.07) is 13.9. The number of pyridine rings is 1.